The molecule has 0 unspecified atom stereocenters. The summed E-state index contributed by atoms with van der Waals surface area (Å²) in [5, 5.41) is 2.61. The highest BCUT2D eigenvalue weighted by molar-refractivity contribution is 5.97. The predicted molar refractivity (Wildman–Crippen MR) is 85.8 cm³/mol. The summed E-state index contributed by atoms with van der Waals surface area (Å²) in [5.41, 5.74) is 0.319. The number of hydrogen-bond acceptors (Lipinski definition) is 6. The highest BCUT2D eigenvalue weighted by atomic mass is 16.5. The van der Waals surface area contributed by atoms with Gasteiger partial charge < -0.3 is 29.2 Å². The molecule has 132 valence electrons. The number of carbonyl (C=O) groups excluding carboxylic acids is 2. The molecule has 1 aliphatic rings. The lowest BCUT2D eigenvalue weighted by molar-refractivity contribution is -0.134. The van der Waals surface area contributed by atoms with Gasteiger partial charge in [0.15, 0.2) is 11.5 Å². The average Bonchev–Trinajstić information content (AvgIpc) is 2.65. The third-order valence-corrected chi connectivity index (χ3v) is 3.69. The number of rotatable bonds is 6. The van der Waals surface area contributed by atoms with E-state index in [1.54, 1.807) is 4.90 Å². The van der Waals surface area contributed by atoms with Gasteiger partial charge in [-0.3, -0.25) is 9.59 Å². The van der Waals surface area contributed by atoms with Crippen molar-refractivity contribution in [1.82, 2.24) is 10.2 Å². The van der Waals surface area contributed by atoms with Crippen LogP contribution in [0.15, 0.2) is 12.1 Å². The highest BCUT2D eigenvalue weighted by Crippen LogP contribution is 2.38. The van der Waals surface area contributed by atoms with Crippen molar-refractivity contribution in [3.63, 3.8) is 0 Å². The largest absolute Gasteiger partial charge is 0.493 e. The van der Waals surface area contributed by atoms with Crippen molar-refractivity contribution in [3.8, 4) is 17.2 Å². The average molecular weight is 338 g/mol. The summed E-state index contributed by atoms with van der Waals surface area (Å²) in [6, 6.07) is 3.08. The van der Waals surface area contributed by atoms with E-state index in [0.29, 0.717) is 49.1 Å². The Labute approximate surface area is 140 Å². The molecule has 1 heterocycles. The third kappa shape index (κ3) is 4.08. The zero-order valence-electron chi connectivity index (χ0n) is 14.1. The minimum Gasteiger partial charge on any atom is -0.493 e. The van der Waals surface area contributed by atoms with Gasteiger partial charge in [0, 0.05) is 18.7 Å². The Morgan fingerprint density at radius 2 is 1.67 bits per heavy atom. The van der Waals surface area contributed by atoms with Crippen LogP contribution in [0.3, 0.4) is 0 Å². The first-order valence-electron chi connectivity index (χ1n) is 7.54. The second-order valence-corrected chi connectivity index (χ2v) is 5.09. The first-order valence-corrected chi connectivity index (χ1v) is 7.54. The predicted octanol–water partition coefficient (Wildman–Crippen LogP) is 0.301. The second-order valence-electron chi connectivity index (χ2n) is 5.09. The number of morpholine rings is 1. The summed E-state index contributed by atoms with van der Waals surface area (Å²) in [7, 11) is 4.43. The lowest BCUT2D eigenvalue weighted by atomic mass is 10.1. The summed E-state index contributed by atoms with van der Waals surface area (Å²) in [6.07, 6.45) is 0. The van der Waals surface area contributed by atoms with E-state index in [4.69, 9.17) is 18.9 Å². The van der Waals surface area contributed by atoms with Gasteiger partial charge in [0.05, 0.1) is 41.1 Å². The molecule has 0 aliphatic carbocycles. The van der Waals surface area contributed by atoms with Crippen LogP contribution >= 0.6 is 0 Å². The maximum atomic E-state index is 12.3. The molecule has 0 atom stereocenters. The maximum absolute atomic E-state index is 12.3. The standard InChI is InChI=1S/C16H22N2O6/c1-21-12-8-11(9-13(22-2)15(12)23-3)16(20)17-10-14(19)18-4-6-24-7-5-18/h8-9H,4-7,10H2,1-3H3,(H,17,20). The summed E-state index contributed by atoms with van der Waals surface area (Å²) in [5.74, 6) is 0.624. The van der Waals surface area contributed by atoms with Crippen molar-refractivity contribution in [2.75, 3.05) is 54.2 Å². The molecule has 8 heteroatoms. The van der Waals surface area contributed by atoms with Crippen LogP contribution in [-0.4, -0.2) is 70.9 Å². The van der Waals surface area contributed by atoms with Gasteiger partial charge >= 0.3 is 0 Å². The Morgan fingerprint density at radius 1 is 1.08 bits per heavy atom. The first-order chi connectivity index (χ1) is 11.6. The van der Waals surface area contributed by atoms with Crippen LogP contribution in [0, 0.1) is 0 Å². The maximum Gasteiger partial charge on any atom is 0.251 e. The van der Waals surface area contributed by atoms with Crippen LogP contribution in [0.1, 0.15) is 10.4 Å². The number of amides is 2. The monoisotopic (exact) mass is 338 g/mol. The van der Waals surface area contributed by atoms with E-state index >= 15 is 0 Å². The van der Waals surface area contributed by atoms with Crippen LogP contribution in [0.2, 0.25) is 0 Å². The normalized spacial score (nSPS) is 14.0. The summed E-state index contributed by atoms with van der Waals surface area (Å²) in [4.78, 5) is 26.0. The van der Waals surface area contributed by atoms with Gasteiger partial charge in [-0.05, 0) is 12.1 Å². The molecule has 0 bridgehead atoms. The summed E-state index contributed by atoms with van der Waals surface area (Å²) >= 11 is 0. The first kappa shape index (κ1) is 17.9. The Balaban J connectivity index is 2.05. The minimum atomic E-state index is -0.393. The lowest BCUT2D eigenvalue weighted by Crippen LogP contribution is -2.45. The van der Waals surface area contributed by atoms with E-state index in [1.807, 2.05) is 0 Å². The molecule has 1 aliphatic heterocycles. The minimum absolute atomic E-state index is 0.0739. The topological polar surface area (TPSA) is 86.3 Å². The number of ether oxygens (including phenoxy) is 4. The molecular weight excluding hydrogens is 316 g/mol. The Morgan fingerprint density at radius 3 is 2.17 bits per heavy atom. The number of methoxy groups -OCH3 is 3. The zero-order valence-corrected chi connectivity index (χ0v) is 14.1. The molecule has 0 saturated carbocycles. The SMILES string of the molecule is COc1cc(C(=O)NCC(=O)N2CCOCC2)cc(OC)c1OC. The third-order valence-electron chi connectivity index (χ3n) is 3.69. The van der Waals surface area contributed by atoms with Crippen molar-refractivity contribution >= 4 is 11.8 Å². The zero-order chi connectivity index (χ0) is 17.5. The Bertz CT molecular complexity index is 573. The van der Waals surface area contributed by atoms with Crippen LogP contribution in [0.25, 0.3) is 0 Å². The molecule has 0 spiro atoms. The van der Waals surface area contributed by atoms with Crippen LogP contribution in [0.5, 0.6) is 17.2 Å². The van der Waals surface area contributed by atoms with Gasteiger partial charge in [-0.2, -0.15) is 0 Å². The number of carbonyl (C=O) groups is 2. The number of nitrogens with one attached hydrogen (secondary N) is 1. The van der Waals surface area contributed by atoms with Gasteiger partial charge in [-0.25, -0.2) is 0 Å². The van der Waals surface area contributed by atoms with E-state index in [9.17, 15) is 9.59 Å². The molecule has 1 saturated heterocycles. The molecule has 8 nitrogen and oxygen atoms in total. The molecule has 1 aromatic rings. The van der Waals surface area contributed by atoms with Crippen molar-refractivity contribution < 1.29 is 28.5 Å². The molecule has 24 heavy (non-hydrogen) atoms. The van der Waals surface area contributed by atoms with E-state index < -0.39 is 5.91 Å². The molecule has 1 aromatic carbocycles. The molecule has 0 radical (unpaired) electrons. The van der Waals surface area contributed by atoms with Crippen molar-refractivity contribution in [3.05, 3.63) is 17.7 Å². The summed E-state index contributed by atoms with van der Waals surface area (Å²) < 4.78 is 20.8. The molecule has 2 rings (SSSR count). The van der Waals surface area contributed by atoms with Gasteiger partial charge in [-0.1, -0.05) is 0 Å². The Hall–Kier alpha value is -2.48. The lowest BCUT2D eigenvalue weighted by Gasteiger charge is -2.26. The van der Waals surface area contributed by atoms with E-state index in [0.717, 1.165) is 0 Å². The van der Waals surface area contributed by atoms with Crippen molar-refractivity contribution in [1.29, 1.82) is 0 Å². The van der Waals surface area contributed by atoms with Gasteiger partial charge in [0.1, 0.15) is 0 Å². The fraction of sp³-hybridized carbons (Fsp3) is 0.500. The fourth-order valence-electron chi connectivity index (χ4n) is 2.39. The number of hydrogen-bond donors (Lipinski definition) is 1. The quantitative estimate of drug-likeness (QED) is 0.803. The van der Waals surface area contributed by atoms with Gasteiger partial charge in [-0.15, -0.1) is 0 Å². The van der Waals surface area contributed by atoms with Gasteiger partial charge in [0.25, 0.3) is 5.91 Å². The number of nitrogens with zero attached hydrogens (tertiary/aromatic N) is 1. The van der Waals surface area contributed by atoms with E-state index in [2.05, 4.69) is 5.32 Å². The molecule has 0 aromatic heterocycles. The molecule has 1 fully saturated rings. The summed E-state index contributed by atoms with van der Waals surface area (Å²) in [6.45, 7) is 2.05. The van der Waals surface area contributed by atoms with Crippen LogP contribution in [-0.2, 0) is 9.53 Å². The van der Waals surface area contributed by atoms with Crippen molar-refractivity contribution in [2.45, 2.75) is 0 Å². The fourth-order valence-corrected chi connectivity index (χ4v) is 2.39. The Kier molecular flexibility index (Phi) is 6.25. The molecule has 1 N–H and O–H groups in total. The molecular formula is C16H22N2O6. The van der Waals surface area contributed by atoms with Crippen LogP contribution < -0.4 is 19.5 Å². The van der Waals surface area contributed by atoms with E-state index in [-0.39, 0.29) is 12.5 Å². The van der Waals surface area contributed by atoms with Gasteiger partial charge in [0.2, 0.25) is 11.7 Å². The smallest absolute Gasteiger partial charge is 0.251 e. The van der Waals surface area contributed by atoms with Crippen LogP contribution in [0.4, 0.5) is 0 Å². The second kappa shape index (κ2) is 8.39. The van der Waals surface area contributed by atoms with Crippen molar-refractivity contribution in [2.24, 2.45) is 0 Å². The highest BCUT2D eigenvalue weighted by Gasteiger charge is 2.20. The number of benzene rings is 1. The van der Waals surface area contributed by atoms with E-state index in [1.165, 1.54) is 33.5 Å². The molecule has 2 amide bonds.